The normalized spacial score (nSPS) is 16.1. The molecule has 12 heavy (non-hydrogen) atoms. The minimum absolute atomic E-state index is 0.282. The Hall–Kier alpha value is 0.200. The lowest BCUT2D eigenvalue weighted by atomic mass is 10.2. The van der Waals surface area contributed by atoms with E-state index in [4.69, 9.17) is 0 Å². The Bertz CT molecular complexity index is 145. The van der Waals surface area contributed by atoms with Crippen LogP contribution in [0.2, 0.25) is 0 Å². The Morgan fingerprint density at radius 3 is 2.67 bits per heavy atom. The third kappa shape index (κ3) is 4.28. The predicted octanol–water partition coefficient (Wildman–Crippen LogP) is 2.12. The van der Waals surface area contributed by atoms with Crippen LogP contribution in [0.5, 0.6) is 0 Å². The molecule has 1 N–H and O–H groups in total. The minimum atomic E-state index is 0.282. The third-order valence-electron chi connectivity index (χ3n) is 2.06. The molecule has 0 spiro atoms. The molecule has 0 aliphatic heterocycles. The second-order valence-corrected chi connectivity index (χ2v) is 4.39. The first-order chi connectivity index (χ1) is 5.84. The highest BCUT2D eigenvalue weighted by Crippen LogP contribution is 2.28. The number of amides is 1. The van der Waals surface area contributed by atoms with Gasteiger partial charge in [-0.25, -0.2) is 0 Å². The zero-order valence-corrected chi connectivity index (χ0v) is 9.47. The second-order valence-electron chi connectivity index (χ2n) is 3.31. The summed E-state index contributed by atoms with van der Waals surface area (Å²) in [7, 11) is 0. The fourth-order valence-electron chi connectivity index (χ4n) is 1.10. The Labute approximate surface area is 87.6 Å². The largest absolute Gasteiger partial charge is 0.356 e. The topological polar surface area (TPSA) is 29.1 Å². The molecule has 2 nitrogen and oxygen atoms in total. The summed E-state index contributed by atoms with van der Waals surface area (Å²) in [6.45, 7) is 0.881. The van der Waals surface area contributed by atoms with E-state index < -0.39 is 0 Å². The molecule has 0 unspecified atom stereocenters. The van der Waals surface area contributed by atoms with E-state index in [1.165, 1.54) is 17.3 Å². The summed E-state index contributed by atoms with van der Waals surface area (Å²) >= 11 is 2.39. The lowest BCUT2D eigenvalue weighted by Gasteiger charge is -2.02. The van der Waals surface area contributed by atoms with E-state index in [9.17, 15) is 4.79 Å². The Kier molecular flexibility index (Phi) is 4.95. The van der Waals surface area contributed by atoms with E-state index in [0.717, 1.165) is 25.8 Å². The van der Waals surface area contributed by atoms with Crippen LogP contribution >= 0.6 is 22.6 Å². The first-order valence-corrected chi connectivity index (χ1v) is 6.21. The number of hydrogen-bond donors (Lipinski definition) is 1. The fraction of sp³-hybridized carbons (Fsp3) is 0.889. The molecule has 0 aromatic rings. The smallest absolute Gasteiger partial charge is 0.223 e. The number of nitrogens with one attached hydrogen (secondary N) is 1. The van der Waals surface area contributed by atoms with Crippen molar-refractivity contribution < 1.29 is 4.79 Å². The standard InChI is InChI=1S/C9H16INO/c10-6-2-1-3-7-11-9(12)8-4-5-8/h8H,1-7H2,(H,11,12). The van der Waals surface area contributed by atoms with Crippen LogP contribution in [0.1, 0.15) is 32.1 Å². The van der Waals surface area contributed by atoms with Crippen molar-refractivity contribution in [2.24, 2.45) is 5.92 Å². The van der Waals surface area contributed by atoms with Crippen molar-refractivity contribution in [2.45, 2.75) is 32.1 Å². The van der Waals surface area contributed by atoms with Crippen LogP contribution in [0.4, 0.5) is 0 Å². The summed E-state index contributed by atoms with van der Waals surface area (Å²) in [5.74, 6) is 0.652. The van der Waals surface area contributed by atoms with Crippen molar-refractivity contribution in [1.29, 1.82) is 0 Å². The average Bonchev–Trinajstić information content (AvgIpc) is 2.86. The van der Waals surface area contributed by atoms with Gasteiger partial charge in [0.1, 0.15) is 0 Å². The molecule has 0 aromatic heterocycles. The van der Waals surface area contributed by atoms with Gasteiger partial charge in [-0.05, 0) is 30.1 Å². The summed E-state index contributed by atoms with van der Waals surface area (Å²) in [6.07, 6.45) is 5.88. The van der Waals surface area contributed by atoms with Crippen LogP contribution in [0.25, 0.3) is 0 Å². The van der Waals surface area contributed by atoms with Gasteiger partial charge in [-0.3, -0.25) is 4.79 Å². The molecule has 0 saturated heterocycles. The van der Waals surface area contributed by atoms with Crippen LogP contribution < -0.4 is 5.32 Å². The molecule has 1 rings (SSSR count). The molecule has 70 valence electrons. The highest BCUT2D eigenvalue weighted by atomic mass is 127. The van der Waals surface area contributed by atoms with Crippen molar-refractivity contribution in [3.63, 3.8) is 0 Å². The number of carbonyl (C=O) groups excluding carboxylic acids is 1. The number of carbonyl (C=O) groups is 1. The number of unbranched alkanes of at least 4 members (excludes halogenated alkanes) is 2. The minimum Gasteiger partial charge on any atom is -0.356 e. The molecule has 3 heteroatoms. The molecule has 1 fully saturated rings. The summed E-state index contributed by atoms with van der Waals surface area (Å²) in [5, 5.41) is 2.96. The maximum Gasteiger partial charge on any atom is 0.223 e. The molecule has 0 atom stereocenters. The molecule has 0 bridgehead atoms. The van der Waals surface area contributed by atoms with Crippen LogP contribution in [0.3, 0.4) is 0 Å². The van der Waals surface area contributed by atoms with E-state index in [1.807, 2.05) is 0 Å². The van der Waals surface area contributed by atoms with E-state index in [2.05, 4.69) is 27.9 Å². The van der Waals surface area contributed by atoms with Gasteiger partial charge in [-0.1, -0.05) is 29.0 Å². The lowest BCUT2D eigenvalue weighted by Crippen LogP contribution is -2.25. The summed E-state index contributed by atoms with van der Waals surface area (Å²) < 4.78 is 1.23. The van der Waals surface area contributed by atoms with Gasteiger partial charge in [0.2, 0.25) is 5.91 Å². The summed E-state index contributed by atoms with van der Waals surface area (Å²) in [6, 6.07) is 0. The van der Waals surface area contributed by atoms with Crippen LogP contribution in [-0.4, -0.2) is 16.9 Å². The Morgan fingerprint density at radius 1 is 1.33 bits per heavy atom. The maximum atomic E-state index is 11.1. The second kappa shape index (κ2) is 5.78. The third-order valence-corrected chi connectivity index (χ3v) is 2.82. The zero-order chi connectivity index (χ0) is 8.81. The molecular weight excluding hydrogens is 265 g/mol. The van der Waals surface area contributed by atoms with Gasteiger partial charge >= 0.3 is 0 Å². The van der Waals surface area contributed by atoms with Crippen LogP contribution in [0, 0.1) is 5.92 Å². The van der Waals surface area contributed by atoms with Crippen LogP contribution in [0.15, 0.2) is 0 Å². The molecule has 1 aliphatic carbocycles. The molecular formula is C9H16INO. The van der Waals surface area contributed by atoms with Gasteiger partial charge in [-0.2, -0.15) is 0 Å². The molecule has 1 amide bonds. The van der Waals surface area contributed by atoms with Crippen molar-refractivity contribution in [3.05, 3.63) is 0 Å². The quantitative estimate of drug-likeness (QED) is 0.451. The lowest BCUT2D eigenvalue weighted by molar-refractivity contribution is -0.122. The fourth-order valence-corrected chi connectivity index (χ4v) is 1.64. The molecule has 1 aliphatic rings. The number of halogens is 1. The van der Waals surface area contributed by atoms with E-state index in [0.29, 0.717) is 5.92 Å². The Balaban J connectivity index is 1.84. The van der Waals surface area contributed by atoms with Crippen molar-refractivity contribution in [3.8, 4) is 0 Å². The van der Waals surface area contributed by atoms with Gasteiger partial charge in [0.15, 0.2) is 0 Å². The van der Waals surface area contributed by atoms with Crippen molar-refractivity contribution in [2.75, 3.05) is 11.0 Å². The number of alkyl halides is 1. The maximum absolute atomic E-state index is 11.1. The predicted molar refractivity (Wildman–Crippen MR) is 58.5 cm³/mol. The average molecular weight is 281 g/mol. The molecule has 0 aromatic carbocycles. The number of hydrogen-bond acceptors (Lipinski definition) is 1. The highest BCUT2D eigenvalue weighted by Gasteiger charge is 2.28. The highest BCUT2D eigenvalue weighted by molar-refractivity contribution is 14.1. The van der Waals surface area contributed by atoms with Gasteiger partial charge < -0.3 is 5.32 Å². The Morgan fingerprint density at radius 2 is 2.08 bits per heavy atom. The van der Waals surface area contributed by atoms with Gasteiger partial charge in [0.05, 0.1) is 0 Å². The van der Waals surface area contributed by atoms with E-state index >= 15 is 0 Å². The molecule has 0 radical (unpaired) electrons. The van der Waals surface area contributed by atoms with Crippen LogP contribution in [-0.2, 0) is 4.79 Å². The van der Waals surface area contributed by atoms with Gasteiger partial charge in [-0.15, -0.1) is 0 Å². The number of rotatable bonds is 6. The zero-order valence-electron chi connectivity index (χ0n) is 7.31. The van der Waals surface area contributed by atoms with Gasteiger partial charge in [0, 0.05) is 12.5 Å². The van der Waals surface area contributed by atoms with Gasteiger partial charge in [0.25, 0.3) is 0 Å². The SMILES string of the molecule is O=C(NCCCCCI)C1CC1. The van der Waals surface area contributed by atoms with Crippen molar-refractivity contribution >= 4 is 28.5 Å². The van der Waals surface area contributed by atoms with E-state index in [-0.39, 0.29) is 5.91 Å². The first kappa shape index (κ1) is 10.3. The first-order valence-electron chi connectivity index (χ1n) is 4.68. The summed E-state index contributed by atoms with van der Waals surface area (Å²) in [4.78, 5) is 11.1. The molecule has 0 heterocycles. The molecule has 1 saturated carbocycles. The van der Waals surface area contributed by atoms with Crippen molar-refractivity contribution in [1.82, 2.24) is 5.32 Å². The van der Waals surface area contributed by atoms with E-state index in [1.54, 1.807) is 0 Å². The summed E-state index contributed by atoms with van der Waals surface area (Å²) in [5.41, 5.74) is 0. The monoisotopic (exact) mass is 281 g/mol.